The van der Waals surface area contributed by atoms with E-state index in [4.69, 9.17) is 15.2 Å². The van der Waals surface area contributed by atoms with Crippen molar-refractivity contribution in [2.45, 2.75) is 13.8 Å². The van der Waals surface area contributed by atoms with E-state index in [1.54, 1.807) is 36.7 Å². The molecule has 1 aromatic carbocycles. The first-order valence-electron chi connectivity index (χ1n) is 6.59. The average Bonchev–Trinajstić information content (AvgIpc) is 2.51. The van der Waals surface area contributed by atoms with Gasteiger partial charge in [-0.15, -0.1) is 0 Å². The van der Waals surface area contributed by atoms with E-state index < -0.39 is 0 Å². The number of nitrogens with zero attached hydrogens (tertiary/aromatic N) is 2. The summed E-state index contributed by atoms with van der Waals surface area (Å²) in [6, 6.07) is 7.00. The van der Waals surface area contributed by atoms with Crippen LogP contribution < -0.4 is 15.2 Å². The number of rotatable bonds is 5. The molecule has 2 aromatic rings. The van der Waals surface area contributed by atoms with Crippen molar-refractivity contribution >= 4 is 12.2 Å². The summed E-state index contributed by atoms with van der Waals surface area (Å²) in [4.78, 5) is 18.0. The molecule has 0 saturated heterocycles. The van der Waals surface area contributed by atoms with Crippen LogP contribution in [0.15, 0.2) is 36.7 Å². The first kappa shape index (κ1) is 16.4. The number of nitrogens with two attached hydrogens (primary N) is 1. The highest BCUT2D eigenvalue weighted by Gasteiger charge is 2.09. The van der Waals surface area contributed by atoms with E-state index in [2.05, 4.69) is 9.97 Å². The van der Waals surface area contributed by atoms with Gasteiger partial charge in [-0.05, 0) is 32.0 Å². The molecule has 21 heavy (non-hydrogen) atoms. The second-order valence-corrected chi connectivity index (χ2v) is 3.77. The molecule has 0 aliphatic heterocycles. The van der Waals surface area contributed by atoms with Gasteiger partial charge in [-0.25, -0.2) is 9.97 Å². The maximum atomic E-state index is 10.7. The highest BCUT2D eigenvalue weighted by molar-refractivity contribution is 5.81. The van der Waals surface area contributed by atoms with Crippen LogP contribution in [-0.4, -0.2) is 29.5 Å². The Kier molecular flexibility index (Phi) is 7.28. The molecule has 0 unspecified atom stereocenters. The standard InChI is InChI=1S/C11H14O3.C4H5N3/c1-3-13-10-7-5-6-9(8-12)11(10)14-4-2;5-4-6-2-1-3-7-4/h5-8H,3-4H2,1-2H3;1-3H,(H2,5,6,7). The van der Waals surface area contributed by atoms with Gasteiger partial charge in [-0.3, -0.25) is 4.79 Å². The van der Waals surface area contributed by atoms with Crippen molar-refractivity contribution in [2.24, 2.45) is 0 Å². The number of carbonyl (C=O) groups excluding carboxylic acids is 1. The van der Waals surface area contributed by atoms with Gasteiger partial charge in [0.05, 0.1) is 18.8 Å². The lowest BCUT2D eigenvalue weighted by Gasteiger charge is -2.11. The Morgan fingerprint density at radius 3 is 2.24 bits per heavy atom. The molecule has 6 heteroatoms. The molecule has 0 fully saturated rings. The first-order valence-corrected chi connectivity index (χ1v) is 6.59. The molecule has 0 atom stereocenters. The molecule has 2 N–H and O–H groups in total. The van der Waals surface area contributed by atoms with Crippen molar-refractivity contribution in [3.05, 3.63) is 42.2 Å². The number of carbonyl (C=O) groups is 1. The number of nitrogen functional groups attached to an aromatic ring is 1. The third kappa shape index (κ3) is 5.48. The fourth-order valence-electron chi connectivity index (χ4n) is 1.50. The third-order valence-corrected chi connectivity index (χ3v) is 2.31. The molecule has 0 aliphatic rings. The molecule has 112 valence electrons. The highest BCUT2D eigenvalue weighted by atomic mass is 16.5. The van der Waals surface area contributed by atoms with Crippen LogP contribution in [0.5, 0.6) is 11.5 Å². The zero-order valence-electron chi connectivity index (χ0n) is 12.2. The summed E-state index contributed by atoms with van der Waals surface area (Å²) in [7, 11) is 0. The topological polar surface area (TPSA) is 87.3 Å². The van der Waals surface area contributed by atoms with Crippen LogP contribution in [0.3, 0.4) is 0 Å². The monoisotopic (exact) mass is 289 g/mol. The molecule has 6 nitrogen and oxygen atoms in total. The minimum Gasteiger partial charge on any atom is -0.490 e. The summed E-state index contributed by atoms with van der Waals surface area (Å²) in [5.74, 6) is 1.48. The first-order chi connectivity index (χ1) is 10.2. The number of hydrogen-bond donors (Lipinski definition) is 1. The smallest absolute Gasteiger partial charge is 0.219 e. The van der Waals surface area contributed by atoms with Crippen LogP contribution in [0, 0.1) is 0 Å². The summed E-state index contributed by atoms with van der Waals surface area (Å²) in [6.45, 7) is 4.84. The molecule has 0 aliphatic carbocycles. The third-order valence-electron chi connectivity index (χ3n) is 2.31. The van der Waals surface area contributed by atoms with Gasteiger partial charge >= 0.3 is 0 Å². The number of benzene rings is 1. The highest BCUT2D eigenvalue weighted by Crippen LogP contribution is 2.30. The van der Waals surface area contributed by atoms with Gasteiger partial charge in [0.1, 0.15) is 0 Å². The molecule has 1 aromatic heterocycles. The van der Waals surface area contributed by atoms with Gasteiger partial charge in [0.2, 0.25) is 5.95 Å². The molecular weight excluding hydrogens is 270 g/mol. The van der Waals surface area contributed by atoms with Crippen molar-refractivity contribution in [3.8, 4) is 11.5 Å². The Labute approximate surface area is 123 Å². The predicted octanol–water partition coefficient (Wildman–Crippen LogP) is 2.36. The van der Waals surface area contributed by atoms with Gasteiger partial charge in [-0.2, -0.15) is 0 Å². The molecule has 0 spiro atoms. The molecule has 2 rings (SSSR count). The van der Waals surface area contributed by atoms with Crippen LogP contribution in [0.1, 0.15) is 24.2 Å². The Balaban J connectivity index is 0.000000262. The van der Waals surface area contributed by atoms with Crippen molar-refractivity contribution < 1.29 is 14.3 Å². The van der Waals surface area contributed by atoms with Gasteiger partial charge in [0.25, 0.3) is 0 Å². The van der Waals surface area contributed by atoms with Crippen molar-refractivity contribution in [2.75, 3.05) is 18.9 Å². The van der Waals surface area contributed by atoms with Crippen LogP contribution in [0.2, 0.25) is 0 Å². The van der Waals surface area contributed by atoms with Gasteiger partial charge in [0.15, 0.2) is 17.8 Å². The summed E-state index contributed by atoms with van der Waals surface area (Å²) >= 11 is 0. The fourth-order valence-corrected chi connectivity index (χ4v) is 1.50. The van der Waals surface area contributed by atoms with E-state index in [1.165, 1.54) is 0 Å². The SMILES string of the molecule is CCOc1cccc(C=O)c1OCC.Nc1ncccn1. The number of ether oxygens (including phenoxy) is 2. The number of anilines is 1. The normalized spacial score (nSPS) is 9.24. The summed E-state index contributed by atoms with van der Waals surface area (Å²) < 4.78 is 10.7. The molecule has 0 bridgehead atoms. The second-order valence-electron chi connectivity index (χ2n) is 3.77. The number of aldehydes is 1. The van der Waals surface area contributed by atoms with Crippen molar-refractivity contribution in [1.29, 1.82) is 0 Å². The van der Waals surface area contributed by atoms with Gasteiger partial charge in [0, 0.05) is 12.4 Å². The number of hydrogen-bond acceptors (Lipinski definition) is 6. The number of aromatic nitrogens is 2. The molecule has 0 amide bonds. The van der Waals surface area contributed by atoms with Gasteiger partial charge in [-0.1, -0.05) is 6.07 Å². The van der Waals surface area contributed by atoms with E-state index in [9.17, 15) is 4.79 Å². The van der Waals surface area contributed by atoms with Crippen molar-refractivity contribution in [3.63, 3.8) is 0 Å². The van der Waals surface area contributed by atoms with E-state index in [1.807, 2.05) is 13.8 Å². The Bertz CT molecular complexity index is 547. The van der Waals surface area contributed by atoms with Crippen LogP contribution in [0.25, 0.3) is 0 Å². The zero-order valence-corrected chi connectivity index (χ0v) is 12.2. The summed E-state index contributed by atoms with van der Waals surface area (Å²) in [5.41, 5.74) is 5.66. The van der Waals surface area contributed by atoms with Crippen molar-refractivity contribution in [1.82, 2.24) is 9.97 Å². The Morgan fingerprint density at radius 1 is 1.10 bits per heavy atom. The predicted molar refractivity (Wildman–Crippen MR) is 80.6 cm³/mol. The lowest BCUT2D eigenvalue weighted by molar-refractivity contribution is 0.111. The molecule has 1 heterocycles. The zero-order chi connectivity index (χ0) is 15.5. The van der Waals surface area contributed by atoms with E-state index >= 15 is 0 Å². The van der Waals surface area contributed by atoms with E-state index in [0.717, 1.165) is 6.29 Å². The minimum absolute atomic E-state index is 0.322. The lowest BCUT2D eigenvalue weighted by atomic mass is 10.2. The average molecular weight is 289 g/mol. The van der Waals surface area contributed by atoms with E-state index in [0.29, 0.717) is 36.2 Å². The quantitative estimate of drug-likeness (QED) is 0.850. The maximum absolute atomic E-state index is 10.7. The summed E-state index contributed by atoms with van der Waals surface area (Å²) in [6.07, 6.45) is 3.97. The van der Waals surface area contributed by atoms with Crippen LogP contribution >= 0.6 is 0 Å². The van der Waals surface area contributed by atoms with E-state index in [-0.39, 0.29) is 0 Å². The molecular formula is C15H19N3O3. The Morgan fingerprint density at radius 2 is 1.76 bits per heavy atom. The number of para-hydroxylation sites is 1. The molecule has 0 saturated carbocycles. The second kappa shape index (κ2) is 9.30. The maximum Gasteiger partial charge on any atom is 0.219 e. The lowest BCUT2D eigenvalue weighted by Crippen LogP contribution is -2.01. The largest absolute Gasteiger partial charge is 0.490 e. The molecule has 0 radical (unpaired) electrons. The summed E-state index contributed by atoms with van der Waals surface area (Å²) in [5, 5.41) is 0. The Hall–Kier alpha value is -2.63. The van der Waals surface area contributed by atoms with Crippen LogP contribution in [0.4, 0.5) is 5.95 Å². The van der Waals surface area contributed by atoms with Crippen LogP contribution in [-0.2, 0) is 0 Å². The fraction of sp³-hybridized carbons (Fsp3) is 0.267. The van der Waals surface area contributed by atoms with Gasteiger partial charge < -0.3 is 15.2 Å². The minimum atomic E-state index is 0.322.